The lowest BCUT2D eigenvalue weighted by Gasteiger charge is -2.05. The first-order valence-corrected chi connectivity index (χ1v) is 5.09. The van der Waals surface area contributed by atoms with Crippen molar-refractivity contribution in [1.82, 2.24) is 9.55 Å². The number of nitrogens with one attached hydrogen (secondary N) is 1. The number of hydrogen-bond donors (Lipinski definition) is 1. The van der Waals surface area contributed by atoms with Crippen LogP contribution in [0.3, 0.4) is 0 Å². The highest BCUT2D eigenvalue weighted by atomic mass is 35.5. The third kappa shape index (κ3) is 5.36. The Labute approximate surface area is 130 Å². The average molecular weight is 331 g/mol. The molecule has 1 heterocycles. The minimum atomic E-state index is 0. The minimum absolute atomic E-state index is 0. The predicted octanol–water partition coefficient (Wildman–Crippen LogP) is 3.95. The molecule has 3 nitrogen and oxygen atoms in total. The molecule has 0 spiro atoms. The van der Waals surface area contributed by atoms with Crippen molar-refractivity contribution in [2.45, 2.75) is 6.54 Å². The van der Waals surface area contributed by atoms with Crippen LogP contribution in [0.5, 0.6) is 0 Å². The summed E-state index contributed by atoms with van der Waals surface area (Å²) >= 11 is 5.89. The maximum atomic E-state index is 5.89. The van der Waals surface area contributed by atoms with Crippen molar-refractivity contribution >= 4 is 54.8 Å². The molecule has 1 N–H and O–H groups in total. The van der Waals surface area contributed by atoms with Crippen molar-refractivity contribution in [2.75, 3.05) is 5.32 Å². The fraction of sp³-hybridized carbons (Fsp3) is 0.182. The van der Waals surface area contributed by atoms with Crippen LogP contribution in [-0.2, 0) is 13.6 Å². The number of anilines is 1. The van der Waals surface area contributed by atoms with E-state index >= 15 is 0 Å². The van der Waals surface area contributed by atoms with E-state index in [-0.39, 0.29) is 37.2 Å². The fourth-order valence-electron chi connectivity index (χ4n) is 1.36. The zero-order valence-electron chi connectivity index (χ0n) is 9.67. The molecule has 1 aromatic heterocycles. The number of aryl methyl sites for hydroxylation is 1. The molecule has 2 rings (SSSR count). The molecule has 0 aliphatic rings. The van der Waals surface area contributed by atoms with Gasteiger partial charge in [0.1, 0.15) is 0 Å². The molecular formula is C11H15Cl4N3. The predicted molar refractivity (Wildman–Crippen MR) is 83.7 cm³/mol. The molecule has 7 heteroatoms. The second-order valence-electron chi connectivity index (χ2n) is 3.35. The van der Waals surface area contributed by atoms with E-state index in [1.807, 2.05) is 42.1 Å². The van der Waals surface area contributed by atoms with E-state index in [4.69, 9.17) is 11.6 Å². The lowest BCUT2D eigenvalue weighted by atomic mass is 10.2. The Hall–Kier alpha value is -0.610. The smallest absolute Gasteiger partial charge is 0.202 e. The molecule has 0 atom stereocenters. The standard InChI is InChI=1S/C11H12ClN3.3ClH/c1-15-6-5-13-11(15)14-8-9-3-2-4-10(12)7-9;;;/h2-7H,8H2,1H3,(H,13,14);3*1H. The Morgan fingerprint density at radius 3 is 2.56 bits per heavy atom. The molecule has 0 saturated heterocycles. The number of halogens is 4. The monoisotopic (exact) mass is 329 g/mol. The van der Waals surface area contributed by atoms with E-state index in [0.29, 0.717) is 0 Å². The summed E-state index contributed by atoms with van der Waals surface area (Å²) in [7, 11) is 1.95. The molecule has 0 bridgehead atoms. The first kappa shape index (κ1) is 19.7. The molecule has 0 fully saturated rings. The van der Waals surface area contributed by atoms with Crippen LogP contribution in [0.15, 0.2) is 36.7 Å². The Morgan fingerprint density at radius 1 is 1.28 bits per heavy atom. The molecule has 18 heavy (non-hydrogen) atoms. The molecule has 0 unspecified atom stereocenters. The van der Waals surface area contributed by atoms with Gasteiger partial charge in [0, 0.05) is 31.0 Å². The summed E-state index contributed by atoms with van der Waals surface area (Å²) in [6.45, 7) is 0.728. The summed E-state index contributed by atoms with van der Waals surface area (Å²) in [4.78, 5) is 4.17. The lowest BCUT2D eigenvalue weighted by molar-refractivity contribution is 0.900. The summed E-state index contributed by atoms with van der Waals surface area (Å²) < 4.78 is 1.94. The van der Waals surface area contributed by atoms with Gasteiger partial charge in [0.25, 0.3) is 0 Å². The average Bonchev–Trinajstić information content (AvgIpc) is 2.61. The third-order valence-electron chi connectivity index (χ3n) is 2.16. The van der Waals surface area contributed by atoms with Crippen molar-refractivity contribution in [3.05, 3.63) is 47.2 Å². The largest absolute Gasteiger partial charge is 0.352 e. The van der Waals surface area contributed by atoms with Gasteiger partial charge in [0.05, 0.1) is 0 Å². The topological polar surface area (TPSA) is 29.9 Å². The molecule has 0 aliphatic heterocycles. The van der Waals surface area contributed by atoms with Gasteiger partial charge in [-0.05, 0) is 17.7 Å². The number of imidazole rings is 1. The first-order valence-electron chi connectivity index (χ1n) is 4.71. The van der Waals surface area contributed by atoms with Crippen molar-refractivity contribution in [3.63, 3.8) is 0 Å². The zero-order valence-corrected chi connectivity index (χ0v) is 12.9. The van der Waals surface area contributed by atoms with E-state index < -0.39 is 0 Å². The SMILES string of the molecule is Cl.Cl.Cl.Cn1ccnc1NCc1cccc(Cl)c1. The molecule has 0 radical (unpaired) electrons. The van der Waals surface area contributed by atoms with Crippen molar-refractivity contribution < 1.29 is 0 Å². The Balaban J connectivity index is 0. The minimum Gasteiger partial charge on any atom is -0.352 e. The molecule has 0 saturated carbocycles. The summed E-state index contributed by atoms with van der Waals surface area (Å²) in [6.07, 6.45) is 3.67. The Morgan fingerprint density at radius 2 is 2.00 bits per heavy atom. The number of benzene rings is 1. The number of rotatable bonds is 3. The van der Waals surface area contributed by atoms with Crippen LogP contribution in [-0.4, -0.2) is 9.55 Å². The van der Waals surface area contributed by atoms with E-state index in [0.717, 1.165) is 23.1 Å². The lowest BCUT2D eigenvalue weighted by Crippen LogP contribution is -2.04. The molecule has 1 aromatic carbocycles. The number of hydrogen-bond acceptors (Lipinski definition) is 2. The van der Waals surface area contributed by atoms with Gasteiger partial charge in [-0.1, -0.05) is 23.7 Å². The van der Waals surface area contributed by atoms with Gasteiger partial charge in [0.15, 0.2) is 0 Å². The van der Waals surface area contributed by atoms with Crippen LogP contribution < -0.4 is 5.32 Å². The van der Waals surface area contributed by atoms with Crippen LogP contribution >= 0.6 is 48.8 Å². The van der Waals surface area contributed by atoms with Crippen molar-refractivity contribution in [2.24, 2.45) is 7.05 Å². The second kappa shape index (κ2) is 9.34. The highest BCUT2D eigenvalue weighted by Crippen LogP contribution is 2.12. The summed E-state index contributed by atoms with van der Waals surface area (Å²) in [6, 6.07) is 7.78. The van der Waals surface area contributed by atoms with E-state index in [9.17, 15) is 0 Å². The summed E-state index contributed by atoms with van der Waals surface area (Å²) in [5, 5.41) is 3.99. The third-order valence-corrected chi connectivity index (χ3v) is 2.40. The zero-order chi connectivity index (χ0) is 10.7. The Bertz CT molecular complexity index is 459. The van der Waals surface area contributed by atoms with Crippen LogP contribution in [0.1, 0.15) is 5.56 Å². The van der Waals surface area contributed by atoms with Crippen LogP contribution in [0.4, 0.5) is 5.95 Å². The first-order chi connectivity index (χ1) is 7.25. The summed E-state index contributed by atoms with van der Waals surface area (Å²) in [5.41, 5.74) is 1.14. The fourth-order valence-corrected chi connectivity index (χ4v) is 1.58. The Kier molecular flexibility index (Phi) is 10.2. The summed E-state index contributed by atoms with van der Waals surface area (Å²) in [5.74, 6) is 0.856. The van der Waals surface area contributed by atoms with Gasteiger partial charge in [-0.25, -0.2) is 4.98 Å². The van der Waals surface area contributed by atoms with Crippen molar-refractivity contribution in [1.29, 1.82) is 0 Å². The molecule has 0 aliphatic carbocycles. The van der Waals surface area contributed by atoms with Gasteiger partial charge < -0.3 is 9.88 Å². The van der Waals surface area contributed by atoms with Crippen molar-refractivity contribution in [3.8, 4) is 0 Å². The van der Waals surface area contributed by atoms with Crippen LogP contribution in [0, 0.1) is 0 Å². The second-order valence-corrected chi connectivity index (χ2v) is 3.78. The van der Waals surface area contributed by atoms with Gasteiger partial charge in [-0.2, -0.15) is 0 Å². The molecule has 102 valence electrons. The molecule has 2 aromatic rings. The quantitative estimate of drug-likeness (QED) is 0.923. The maximum Gasteiger partial charge on any atom is 0.202 e. The van der Waals surface area contributed by atoms with Gasteiger partial charge in [-0.15, -0.1) is 37.2 Å². The molecule has 0 amide bonds. The van der Waals surface area contributed by atoms with Crippen LogP contribution in [0.25, 0.3) is 0 Å². The maximum absolute atomic E-state index is 5.89. The number of aromatic nitrogens is 2. The number of nitrogens with zero attached hydrogens (tertiary/aromatic N) is 2. The highest BCUT2D eigenvalue weighted by molar-refractivity contribution is 6.30. The van der Waals surface area contributed by atoms with Gasteiger partial charge >= 0.3 is 0 Å². The van der Waals surface area contributed by atoms with Gasteiger partial charge in [-0.3, -0.25) is 0 Å². The molecular weight excluding hydrogens is 316 g/mol. The van der Waals surface area contributed by atoms with E-state index in [1.165, 1.54) is 0 Å². The van der Waals surface area contributed by atoms with E-state index in [1.54, 1.807) is 6.20 Å². The highest BCUT2D eigenvalue weighted by Gasteiger charge is 1.98. The van der Waals surface area contributed by atoms with E-state index in [2.05, 4.69) is 10.3 Å². The van der Waals surface area contributed by atoms with Crippen LogP contribution in [0.2, 0.25) is 5.02 Å². The van der Waals surface area contributed by atoms with Gasteiger partial charge in [0.2, 0.25) is 5.95 Å². The normalized spacial score (nSPS) is 8.56.